The Balaban J connectivity index is 1.76. The normalized spacial score (nSPS) is 18.0. The quantitative estimate of drug-likeness (QED) is 0.826. The van der Waals surface area contributed by atoms with Crippen LogP contribution in [-0.4, -0.2) is 28.0 Å². The largest absolute Gasteiger partial charge is 0.369 e. The van der Waals surface area contributed by atoms with Crippen LogP contribution in [0.25, 0.3) is 0 Å². The molecule has 1 aromatic rings. The fraction of sp³-hybridized carbons (Fsp3) is 0.600. The summed E-state index contributed by atoms with van der Waals surface area (Å²) in [6.07, 6.45) is 7.86. The van der Waals surface area contributed by atoms with Crippen molar-refractivity contribution < 1.29 is 0 Å². The van der Waals surface area contributed by atoms with Crippen molar-refractivity contribution in [1.29, 1.82) is 0 Å². The third-order valence-corrected chi connectivity index (χ3v) is 3.52. The Kier molecular flexibility index (Phi) is 3.63. The Labute approximate surface area is 88.7 Å². The van der Waals surface area contributed by atoms with Gasteiger partial charge < -0.3 is 5.32 Å². The molecule has 1 aliphatic heterocycles. The van der Waals surface area contributed by atoms with Crippen LogP contribution in [-0.2, 0) is 0 Å². The number of nitrogens with zero attached hydrogens (tertiary/aromatic N) is 2. The van der Waals surface area contributed by atoms with E-state index in [0.717, 1.165) is 18.3 Å². The maximum absolute atomic E-state index is 4.18. The van der Waals surface area contributed by atoms with Gasteiger partial charge in [0.25, 0.3) is 0 Å². The fourth-order valence-corrected chi connectivity index (χ4v) is 2.79. The van der Waals surface area contributed by atoms with Crippen molar-refractivity contribution >= 4 is 17.6 Å². The summed E-state index contributed by atoms with van der Waals surface area (Å²) in [5.41, 5.74) is 0. The first-order valence-electron chi connectivity index (χ1n) is 5.03. The van der Waals surface area contributed by atoms with Gasteiger partial charge in [0.15, 0.2) is 0 Å². The van der Waals surface area contributed by atoms with Crippen LogP contribution in [0.4, 0.5) is 5.82 Å². The molecule has 0 unspecified atom stereocenters. The zero-order valence-electron chi connectivity index (χ0n) is 8.15. The Morgan fingerprint density at radius 1 is 1.36 bits per heavy atom. The van der Waals surface area contributed by atoms with Crippen LogP contribution in [0.5, 0.6) is 0 Å². The second-order valence-electron chi connectivity index (χ2n) is 3.53. The predicted molar refractivity (Wildman–Crippen MR) is 60.6 cm³/mol. The molecular formula is C10H15N3S. The highest BCUT2D eigenvalue weighted by molar-refractivity contribution is 7.99. The molecule has 14 heavy (non-hydrogen) atoms. The Hall–Kier alpha value is -0.770. The molecule has 1 N–H and O–H groups in total. The van der Waals surface area contributed by atoms with Gasteiger partial charge in [-0.05, 0) is 30.3 Å². The van der Waals surface area contributed by atoms with Crippen molar-refractivity contribution in [2.45, 2.75) is 12.8 Å². The lowest BCUT2D eigenvalue weighted by molar-refractivity contribution is 0.515. The van der Waals surface area contributed by atoms with E-state index in [2.05, 4.69) is 27.0 Å². The molecule has 0 radical (unpaired) electrons. The summed E-state index contributed by atoms with van der Waals surface area (Å²) in [6, 6.07) is 0. The summed E-state index contributed by atoms with van der Waals surface area (Å²) in [6.45, 7) is 1.04. The lowest BCUT2D eigenvalue weighted by atomic mass is 10.0. The van der Waals surface area contributed by atoms with E-state index in [-0.39, 0.29) is 0 Å². The highest BCUT2D eigenvalue weighted by Gasteiger charge is 2.13. The van der Waals surface area contributed by atoms with Crippen molar-refractivity contribution in [3.05, 3.63) is 18.6 Å². The summed E-state index contributed by atoms with van der Waals surface area (Å²) in [4.78, 5) is 8.20. The summed E-state index contributed by atoms with van der Waals surface area (Å²) in [7, 11) is 0. The molecule has 76 valence electrons. The fourth-order valence-electron chi connectivity index (χ4n) is 1.59. The minimum Gasteiger partial charge on any atom is -0.369 e. The number of anilines is 1. The minimum absolute atomic E-state index is 0.818. The molecule has 1 aromatic heterocycles. The van der Waals surface area contributed by atoms with E-state index in [1.54, 1.807) is 18.6 Å². The molecule has 0 bridgehead atoms. The van der Waals surface area contributed by atoms with Crippen molar-refractivity contribution in [1.82, 2.24) is 9.97 Å². The third kappa shape index (κ3) is 2.87. The van der Waals surface area contributed by atoms with Gasteiger partial charge in [0.1, 0.15) is 5.82 Å². The lowest BCUT2D eigenvalue weighted by Crippen LogP contribution is -2.19. The van der Waals surface area contributed by atoms with E-state index in [1.165, 1.54) is 24.3 Å². The van der Waals surface area contributed by atoms with Crippen molar-refractivity contribution in [3.63, 3.8) is 0 Å². The number of nitrogens with one attached hydrogen (secondary N) is 1. The van der Waals surface area contributed by atoms with Gasteiger partial charge in [-0.1, -0.05) is 0 Å². The van der Waals surface area contributed by atoms with E-state index in [0.29, 0.717) is 0 Å². The molecule has 0 atom stereocenters. The molecule has 3 nitrogen and oxygen atoms in total. The Morgan fingerprint density at radius 3 is 2.93 bits per heavy atom. The van der Waals surface area contributed by atoms with Crippen LogP contribution in [0.2, 0.25) is 0 Å². The van der Waals surface area contributed by atoms with Gasteiger partial charge in [-0.25, -0.2) is 4.98 Å². The van der Waals surface area contributed by atoms with E-state index in [1.807, 2.05) is 0 Å². The first kappa shape index (κ1) is 9.77. The molecule has 0 aliphatic carbocycles. The van der Waals surface area contributed by atoms with Crippen LogP contribution in [0.15, 0.2) is 18.6 Å². The van der Waals surface area contributed by atoms with Crippen LogP contribution in [0.3, 0.4) is 0 Å². The smallest absolute Gasteiger partial charge is 0.144 e. The van der Waals surface area contributed by atoms with Crippen LogP contribution >= 0.6 is 11.8 Å². The second kappa shape index (κ2) is 5.20. The Morgan fingerprint density at radius 2 is 2.21 bits per heavy atom. The summed E-state index contributed by atoms with van der Waals surface area (Å²) >= 11 is 2.06. The topological polar surface area (TPSA) is 37.8 Å². The number of rotatable bonds is 3. The average molecular weight is 209 g/mol. The predicted octanol–water partition coefficient (Wildman–Crippen LogP) is 2.03. The molecule has 0 amide bonds. The zero-order chi connectivity index (χ0) is 9.64. The SMILES string of the molecule is c1cnc(NCC2CCSCC2)cn1. The van der Waals surface area contributed by atoms with E-state index >= 15 is 0 Å². The molecule has 4 heteroatoms. The molecule has 2 heterocycles. The van der Waals surface area contributed by atoms with Crippen molar-refractivity contribution in [2.75, 3.05) is 23.4 Å². The van der Waals surface area contributed by atoms with Gasteiger partial charge in [-0.15, -0.1) is 0 Å². The standard InChI is InChI=1S/C10H15N3S/c1-5-14-6-2-9(1)7-13-10-8-11-3-4-12-10/h3-4,8-9H,1-2,5-7H2,(H,12,13). The lowest BCUT2D eigenvalue weighted by Gasteiger charge is -2.21. The van der Waals surface area contributed by atoms with E-state index in [4.69, 9.17) is 0 Å². The van der Waals surface area contributed by atoms with Gasteiger partial charge in [0, 0.05) is 18.9 Å². The maximum atomic E-state index is 4.18. The highest BCUT2D eigenvalue weighted by atomic mass is 32.2. The van der Waals surface area contributed by atoms with Crippen molar-refractivity contribution in [2.24, 2.45) is 5.92 Å². The number of hydrogen-bond donors (Lipinski definition) is 1. The molecule has 0 saturated carbocycles. The number of aromatic nitrogens is 2. The first-order valence-corrected chi connectivity index (χ1v) is 6.18. The summed E-state index contributed by atoms with van der Waals surface area (Å²) in [5, 5.41) is 3.33. The van der Waals surface area contributed by atoms with E-state index < -0.39 is 0 Å². The minimum atomic E-state index is 0.818. The third-order valence-electron chi connectivity index (χ3n) is 2.48. The number of hydrogen-bond acceptors (Lipinski definition) is 4. The van der Waals surface area contributed by atoms with Crippen LogP contribution in [0, 0.1) is 5.92 Å². The molecule has 0 spiro atoms. The second-order valence-corrected chi connectivity index (χ2v) is 4.75. The monoisotopic (exact) mass is 209 g/mol. The van der Waals surface area contributed by atoms with E-state index in [9.17, 15) is 0 Å². The molecule has 2 rings (SSSR count). The molecule has 1 saturated heterocycles. The molecular weight excluding hydrogens is 194 g/mol. The van der Waals surface area contributed by atoms with Gasteiger partial charge in [-0.3, -0.25) is 4.98 Å². The van der Waals surface area contributed by atoms with Gasteiger partial charge in [0.2, 0.25) is 0 Å². The molecule has 0 aromatic carbocycles. The molecule has 1 aliphatic rings. The summed E-state index contributed by atoms with van der Waals surface area (Å²) < 4.78 is 0. The van der Waals surface area contributed by atoms with Crippen molar-refractivity contribution in [3.8, 4) is 0 Å². The van der Waals surface area contributed by atoms with Gasteiger partial charge >= 0.3 is 0 Å². The summed E-state index contributed by atoms with van der Waals surface area (Å²) in [5.74, 6) is 4.34. The highest BCUT2D eigenvalue weighted by Crippen LogP contribution is 2.22. The van der Waals surface area contributed by atoms with Crippen LogP contribution < -0.4 is 5.32 Å². The van der Waals surface area contributed by atoms with Gasteiger partial charge in [-0.2, -0.15) is 11.8 Å². The van der Waals surface area contributed by atoms with Gasteiger partial charge in [0.05, 0.1) is 6.20 Å². The maximum Gasteiger partial charge on any atom is 0.144 e. The van der Waals surface area contributed by atoms with Crippen LogP contribution in [0.1, 0.15) is 12.8 Å². The zero-order valence-corrected chi connectivity index (χ0v) is 8.96. The first-order chi connectivity index (χ1) is 6.95. The average Bonchev–Trinajstić information content (AvgIpc) is 2.29. The number of thioether (sulfide) groups is 1. The Bertz CT molecular complexity index is 259. The molecule has 1 fully saturated rings.